The molecule has 9 nitrogen and oxygen atoms in total. The summed E-state index contributed by atoms with van der Waals surface area (Å²) in [5, 5.41) is 20.6. The molecule has 8 bridgehead atoms. The zero-order chi connectivity index (χ0) is 30.7. The fourth-order valence-electron chi connectivity index (χ4n) is 10.1. The van der Waals surface area contributed by atoms with Crippen LogP contribution in [-0.4, -0.2) is 48.6 Å². The van der Waals surface area contributed by atoms with Crippen LogP contribution in [0.4, 0.5) is 0 Å². The van der Waals surface area contributed by atoms with E-state index in [0.717, 1.165) is 35.5 Å². The number of hydrogen-bond acceptors (Lipinski definition) is 5. The van der Waals surface area contributed by atoms with Gasteiger partial charge in [-0.25, -0.2) is 4.79 Å². The third-order valence-electron chi connectivity index (χ3n) is 11.6. The summed E-state index contributed by atoms with van der Waals surface area (Å²) < 4.78 is 2.91. The maximum absolute atomic E-state index is 12.6. The van der Waals surface area contributed by atoms with E-state index in [0.29, 0.717) is 46.0 Å². The van der Waals surface area contributed by atoms with E-state index < -0.39 is 5.97 Å². The number of nitrogens with two attached hydrogens (primary N) is 1. The van der Waals surface area contributed by atoms with Gasteiger partial charge in [0.2, 0.25) is 0 Å². The summed E-state index contributed by atoms with van der Waals surface area (Å²) in [6.45, 7) is 3.45. The number of carboxylic acid groups (broad SMARTS) is 1. The maximum atomic E-state index is 12.6. The first kappa shape index (κ1) is 33.6. The molecule has 2 heterocycles. The highest BCUT2D eigenvalue weighted by Crippen LogP contribution is 2.54. The van der Waals surface area contributed by atoms with Gasteiger partial charge in [-0.05, 0) is 125 Å². The summed E-state index contributed by atoms with van der Waals surface area (Å²) >= 11 is 11.8. The van der Waals surface area contributed by atoms with Crippen LogP contribution in [-0.2, 0) is 14.1 Å². The SMILES string of the molecule is Cc1nn(C)c(Cl)c1C(=O)NC1C2CC3CC(C2)CC1C3.Cc1nn(C)c(Cl)c1C(=O)O.Cl.NC1C2CC3CC(C2)CC1C3. The lowest BCUT2D eigenvalue weighted by Gasteiger charge is -2.54. The van der Waals surface area contributed by atoms with E-state index in [1.54, 1.807) is 32.1 Å². The molecule has 2 aromatic rings. The van der Waals surface area contributed by atoms with E-state index in [2.05, 4.69) is 15.5 Å². The molecule has 8 fully saturated rings. The second kappa shape index (κ2) is 13.1. The Bertz CT molecular complexity index is 1330. The lowest BCUT2D eigenvalue weighted by molar-refractivity contribution is -0.0119. The third-order valence-corrected chi connectivity index (χ3v) is 12.4. The molecule has 0 aliphatic heterocycles. The minimum absolute atomic E-state index is 0. The van der Waals surface area contributed by atoms with Crippen LogP contribution in [0.2, 0.25) is 10.3 Å². The molecule has 12 heteroatoms. The summed E-state index contributed by atoms with van der Waals surface area (Å²) in [6.07, 6.45) is 14.1. The van der Waals surface area contributed by atoms with Gasteiger partial charge < -0.3 is 16.2 Å². The second-order valence-electron chi connectivity index (χ2n) is 14.5. The van der Waals surface area contributed by atoms with Crippen LogP contribution in [0.25, 0.3) is 0 Å². The molecule has 0 atom stereocenters. The fourth-order valence-corrected chi connectivity index (χ4v) is 10.6. The molecule has 2 aromatic heterocycles. The van der Waals surface area contributed by atoms with Crippen molar-refractivity contribution in [1.82, 2.24) is 24.9 Å². The lowest BCUT2D eigenvalue weighted by Crippen LogP contribution is -2.55. The van der Waals surface area contributed by atoms with E-state index in [1.165, 1.54) is 62.5 Å². The molecule has 8 saturated carbocycles. The molecule has 0 saturated heterocycles. The minimum atomic E-state index is -1.04. The zero-order valence-corrected chi connectivity index (χ0v) is 28.5. The van der Waals surface area contributed by atoms with Crippen LogP contribution in [0.1, 0.15) is 96.3 Å². The molecule has 0 aromatic carbocycles. The molecule has 44 heavy (non-hydrogen) atoms. The first-order valence-corrected chi connectivity index (χ1v) is 16.8. The Morgan fingerprint density at radius 1 is 0.727 bits per heavy atom. The Labute approximate surface area is 276 Å². The van der Waals surface area contributed by atoms with Gasteiger partial charge in [-0.2, -0.15) is 10.2 Å². The summed E-state index contributed by atoms with van der Waals surface area (Å²) in [7, 11) is 3.37. The molecule has 1 amide bonds. The maximum Gasteiger partial charge on any atom is 0.340 e. The number of halogens is 3. The van der Waals surface area contributed by atoms with Crippen molar-refractivity contribution in [2.75, 3.05) is 0 Å². The molecule has 0 unspecified atom stereocenters. The molecule has 0 radical (unpaired) electrons. The molecule has 8 aliphatic carbocycles. The van der Waals surface area contributed by atoms with E-state index in [-0.39, 0.29) is 29.0 Å². The third kappa shape index (κ3) is 6.40. The van der Waals surface area contributed by atoms with Gasteiger partial charge in [0.25, 0.3) is 5.91 Å². The molecule has 8 aliphatic rings. The summed E-state index contributed by atoms with van der Waals surface area (Å²) in [4.78, 5) is 23.2. The Balaban J connectivity index is 0.000000142. The molecule has 244 valence electrons. The average molecular weight is 670 g/mol. The normalized spacial score (nSPS) is 35.2. The fraction of sp³-hybridized carbons (Fsp3) is 0.750. The number of aromatic carboxylic acids is 1. The quantitative estimate of drug-likeness (QED) is 0.357. The predicted molar refractivity (Wildman–Crippen MR) is 173 cm³/mol. The zero-order valence-electron chi connectivity index (χ0n) is 26.1. The van der Waals surface area contributed by atoms with Crippen LogP contribution < -0.4 is 11.1 Å². The van der Waals surface area contributed by atoms with E-state index in [1.807, 2.05) is 6.92 Å². The molecular weight excluding hydrogens is 623 g/mol. The van der Waals surface area contributed by atoms with Crippen molar-refractivity contribution in [1.29, 1.82) is 0 Å². The number of carbonyl (C=O) groups is 2. The van der Waals surface area contributed by atoms with E-state index >= 15 is 0 Å². The molecule has 4 N–H and O–H groups in total. The van der Waals surface area contributed by atoms with Gasteiger partial charge in [0.1, 0.15) is 15.9 Å². The Morgan fingerprint density at radius 3 is 1.41 bits per heavy atom. The van der Waals surface area contributed by atoms with Gasteiger partial charge in [0.05, 0.1) is 17.0 Å². The molecule has 10 rings (SSSR count). The minimum Gasteiger partial charge on any atom is -0.478 e. The number of aryl methyl sites for hydroxylation is 4. The highest BCUT2D eigenvalue weighted by Gasteiger charge is 2.49. The first-order valence-electron chi connectivity index (χ1n) is 16.1. The smallest absolute Gasteiger partial charge is 0.340 e. The van der Waals surface area contributed by atoms with E-state index in [9.17, 15) is 9.59 Å². The molecular formula is C32H47Cl3N6O3. The highest BCUT2D eigenvalue weighted by atomic mass is 35.5. The second-order valence-corrected chi connectivity index (χ2v) is 15.2. The lowest BCUT2D eigenvalue weighted by atomic mass is 9.54. The van der Waals surface area contributed by atoms with Crippen molar-refractivity contribution in [3.05, 3.63) is 32.8 Å². The van der Waals surface area contributed by atoms with Crippen LogP contribution >= 0.6 is 35.6 Å². The number of hydrogen-bond donors (Lipinski definition) is 3. The Morgan fingerprint density at radius 2 is 1.09 bits per heavy atom. The van der Waals surface area contributed by atoms with Crippen molar-refractivity contribution in [2.45, 2.75) is 90.1 Å². The van der Waals surface area contributed by atoms with Gasteiger partial charge in [0.15, 0.2) is 0 Å². The predicted octanol–water partition coefficient (Wildman–Crippen LogP) is 6.21. The number of nitrogens with one attached hydrogen (secondary N) is 1. The van der Waals surface area contributed by atoms with Crippen LogP contribution in [0.3, 0.4) is 0 Å². The van der Waals surface area contributed by atoms with Crippen molar-refractivity contribution in [3.63, 3.8) is 0 Å². The number of nitrogens with zero attached hydrogens (tertiary/aromatic N) is 4. The standard InChI is InChI=1S/C16H22ClN3O.C10H17N.C6H7ClN2O2.ClH/c1-8-13(15(17)20(2)19-8)16(21)18-14-11-4-9-3-10(6-11)7-12(14)5-9;11-10-8-2-6-1-7(4-8)5-9(10)3-6;1-3-4(6(10)11)5(7)9(2)8-3;/h9-12,14H,3-7H2,1-2H3,(H,18,21);6-10H,1-5,11H2;1-2H3,(H,10,11);1H. The Kier molecular flexibility index (Phi) is 10.0. The van der Waals surface area contributed by atoms with Crippen LogP contribution in [0.5, 0.6) is 0 Å². The molecule has 0 spiro atoms. The van der Waals surface area contributed by atoms with Gasteiger partial charge in [-0.15, -0.1) is 12.4 Å². The van der Waals surface area contributed by atoms with Crippen molar-refractivity contribution in [3.8, 4) is 0 Å². The number of carbonyl (C=O) groups excluding carboxylic acids is 1. The monoisotopic (exact) mass is 668 g/mol. The summed E-state index contributed by atoms with van der Waals surface area (Å²) in [6, 6.07) is 0.934. The Hall–Kier alpha value is -1.81. The largest absolute Gasteiger partial charge is 0.478 e. The van der Waals surface area contributed by atoms with E-state index in [4.69, 9.17) is 34.0 Å². The summed E-state index contributed by atoms with van der Waals surface area (Å²) in [5.74, 6) is 6.13. The van der Waals surface area contributed by atoms with Crippen molar-refractivity contribution in [2.24, 2.45) is 67.2 Å². The topological polar surface area (TPSA) is 128 Å². The average Bonchev–Trinajstić information content (AvgIpc) is 3.34. The van der Waals surface area contributed by atoms with Crippen molar-refractivity contribution >= 4 is 47.5 Å². The number of rotatable bonds is 3. The number of aromatic nitrogens is 4. The van der Waals surface area contributed by atoms with Gasteiger partial charge in [-0.3, -0.25) is 14.2 Å². The first-order chi connectivity index (χ1) is 20.4. The highest BCUT2D eigenvalue weighted by molar-refractivity contribution is 6.33. The van der Waals surface area contributed by atoms with Gasteiger partial charge >= 0.3 is 5.97 Å². The summed E-state index contributed by atoms with van der Waals surface area (Å²) in [5.41, 5.74) is 7.94. The van der Waals surface area contributed by atoms with Gasteiger partial charge in [0, 0.05) is 26.2 Å². The van der Waals surface area contributed by atoms with Crippen LogP contribution in [0, 0.1) is 61.2 Å². The number of carboxylic acids is 1. The van der Waals surface area contributed by atoms with Gasteiger partial charge in [-0.1, -0.05) is 23.2 Å². The van der Waals surface area contributed by atoms with Crippen LogP contribution in [0.15, 0.2) is 0 Å². The van der Waals surface area contributed by atoms with Crippen molar-refractivity contribution < 1.29 is 14.7 Å². The number of amides is 1.